The number of thioether (sulfide) groups is 1. The number of allylic oxidation sites excluding steroid dienone is 1. The fourth-order valence-electron chi connectivity index (χ4n) is 3.40. The van der Waals surface area contributed by atoms with E-state index in [0.717, 1.165) is 18.4 Å². The van der Waals surface area contributed by atoms with Crippen LogP contribution in [0.1, 0.15) is 34.3 Å². The largest absolute Gasteiger partial charge is 0.461 e. The van der Waals surface area contributed by atoms with Crippen LogP contribution in [-0.2, 0) is 19.4 Å². The molecule has 0 unspecified atom stereocenters. The summed E-state index contributed by atoms with van der Waals surface area (Å²) in [6, 6.07) is 9.79. The first-order valence-electron chi connectivity index (χ1n) is 9.12. The molecule has 4 rings (SSSR count). The molecule has 0 spiro atoms. The van der Waals surface area contributed by atoms with Gasteiger partial charge in [-0.2, -0.15) is 0 Å². The summed E-state index contributed by atoms with van der Waals surface area (Å²) in [5.74, 6) is 1.73. The average molecular weight is 379 g/mol. The van der Waals surface area contributed by atoms with E-state index in [1.807, 2.05) is 22.8 Å². The number of fused-ring (bicyclic) bond motifs is 1. The predicted octanol–water partition coefficient (Wildman–Crippen LogP) is 4.58. The van der Waals surface area contributed by atoms with Gasteiger partial charge in [0, 0.05) is 12.1 Å². The van der Waals surface area contributed by atoms with Gasteiger partial charge < -0.3 is 4.42 Å². The summed E-state index contributed by atoms with van der Waals surface area (Å²) < 4.78 is 7.35. The van der Waals surface area contributed by atoms with Crippen molar-refractivity contribution in [2.45, 2.75) is 37.4 Å². The molecular weight excluding hydrogens is 358 g/mol. The maximum atomic E-state index is 12.7. The fourth-order valence-corrected chi connectivity index (χ4v) is 4.24. The average Bonchev–Trinajstić information content (AvgIpc) is 3.36. The number of benzene rings is 1. The Balaban J connectivity index is 1.50. The second-order valence-electron chi connectivity index (χ2n) is 6.59. The number of Topliss-reactive ketones (excluding diaryl/α,β-unsaturated/α-hetero) is 1. The van der Waals surface area contributed by atoms with Crippen LogP contribution in [0.2, 0.25) is 0 Å². The first-order chi connectivity index (χ1) is 13.3. The van der Waals surface area contributed by atoms with Crippen molar-refractivity contribution < 1.29 is 9.21 Å². The molecule has 1 aliphatic rings. The summed E-state index contributed by atoms with van der Waals surface area (Å²) in [5, 5.41) is 9.15. The monoisotopic (exact) mass is 379 g/mol. The third kappa shape index (κ3) is 3.76. The summed E-state index contributed by atoms with van der Waals surface area (Å²) in [6.45, 7) is 4.35. The number of rotatable bonds is 7. The summed E-state index contributed by atoms with van der Waals surface area (Å²) in [4.78, 5) is 12.7. The third-order valence-corrected chi connectivity index (χ3v) is 5.74. The normalized spacial score (nSPS) is 13.3. The molecule has 0 fully saturated rings. The Labute approximate surface area is 162 Å². The zero-order chi connectivity index (χ0) is 18.6. The van der Waals surface area contributed by atoms with Gasteiger partial charge in [0.25, 0.3) is 0 Å². The van der Waals surface area contributed by atoms with Crippen molar-refractivity contribution in [3.05, 3.63) is 65.9 Å². The zero-order valence-electron chi connectivity index (χ0n) is 15.1. The number of hydrogen-bond acceptors (Lipinski definition) is 5. The Morgan fingerprint density at radius 3 is 2.85 bits per heavy atom. The van der Waals surface area contributed by atoms with Gasteiger partial charge >= 0.3 is 0 Å². The van der Waals surface area contributed by atoms with Crippen molar-refractivity contribution in [3.63, 3.8) is 0 Å². The van der Waals surface area contributed by atoms with Gasteiger partial charge in [0.1, 0.15) is 0 Å². The first kappa shape index (κ1) is 17.8. The molecule has 5 nitrogen and oxygen atoms in total. The Morgan fingerprint density at radius 1 is 1.22 bits per heavy atom. The van der Waals surface area contributed by atoms with E-state index in [1.54, 1.807) is 12.3 Å². The van der Waals surface area contributed by atoms with E-state index >= 15 is 0 Å². The molecule has 0 amide bonds. The van der Waals surface area contributed by atoms with E-state index in [0.29, 0.717) is 29.0 Å². The Kier molecular flexibility index (Phi) is 5.25. The minimum Gasteiger partial charge on any atom is -0.461 e. The standard InChI is InChI=1S/C21H21N3O2S/c1-2-11-24-20(19-8-5-12-26-19)22-23-21(24)27-14-18(25)17-10-9-15-6-3-4-7-16(15)13-17/h2,5,8-10,12-13H,1,3-4,6-7,11,14H2. The van der Waals surface area contributed by atoms with Crippen LogP contribution in [0.15, 0.2) is 58.8 Å². The van der Waals surface area contributed by atoms with E-state index in [9.17, 15) is 4.79 Å². The van der Waals surface area contributed by atoms with Crippen molar-refractivity contribution in [2.24, 2.45) is 0 Å². The minimum absolute atomic E-state index is 0.112. The van der Waals surface area contributed by atoms with Crippen LogP contribution in [0.5, 0.6) is 0 Å². The van der Waals surface area contributed by atoms with E-state index in [-0.39, 0.29) is 5.78 Å². The van der Waals surface area contributed by atoms with Gasteiger partial charge in [-0.15, -0.1) is 16.8 Å². The molecule has 6 heteroatoms. The molecule has 0 aliphatic heterocycles. The van der Waals surface area contributed by atoms with Crippen molar-refractivity contribution in [1.29, 1.82) is 0 Å². The number of furan rings is 1. The molecule has 138 valence electrons. The number of aromatic nitrogens is 3. The highest BCUT2D eigenvalue weighted by atomic mass is 32.2. The Hall–Kier alpha value is -2.60. The zero-order valence-corrected chi connectivity index (χ0v) is 15.9. The molecule has 2 aromatic heterocycles. The fraction of sp³-hybridized carbons (Fsp3) is 0.286. The Morgan fingerprint density at radius 2 is 2.07 bits per heavy atom. The van der Waals surface area contributed by atoms with Crippen LogP contribution in [0, 0.1) is 0 Å². The van der Waals surface area contributed by atoms with Gasteiger partial charge in [-0.3, -0.25) is 9.36 Å². The molecule has 27 heavy (non-hydrogen) atoms. The summed E-state index contributed by atoms with van der Waals surface area (Å²) in [5.41, 5.74) is 3.50. The summed E-state index contributed by atoms with van der Waals surface area (Å²) in [7, 11) is 0. The smallest absolute Gasteiger partial charge is 0.200 e. The van der Waals surface area contributed by atoms with Crippen LogP contribution in [0.3, 0.4) is 0 Å². The van der Waals surface area contributed by atoms with Gasteiger partial charge in [-0.05, 0) is 55.0 Å². The maximum Gasteiger partial charge on any atom is 0.200 e. The molecule has 3 aromatic rings. The lowest BCUT2D eigenvalue weighted by molar-refractivity contribution is 0.102. The highest BCUT2D eigenvalue weighted by molar-refractivity contribution is 7.99. The van der Waals surface area contributed by atoms with Crippen LogP contribution in [0.4, 0.5) is 0 Å². The predicted molar refractivity (Wildman–Crippen MR) is 106 cm³/mol. The third-order valence-electron chi connectivity index (χ3n) is 4.77. The van der Waals surface area contributed by atoms with Gasteiger partial charge in [0.2, 0.25) is 5.82 Å². The van der Waals surface area contributed by atoms with E-state index < -0.39 is 0 Å². The molecule has 0 saturated carbocycles. The summed E-state index contributed by atoms with van der Waals surface area (Å²) >= 11 is 1.40. The molecule has 1 aromatic carbocycles. The number of carbonyl (C=O) groups excluding carboxylic acids is 1. The van der Waals surface area contributed by atoms with E-state index in [2.05, 4.69) is 28.9 Å². The maximum absolute atomic E-state index is 12.7. The van der Waals surface area contributed by atoms with Crippen molar-refractivity contribution in [3.8, 4) is 11.6 Å². The molecule has 0 atom stereocenters. The topological polar surface area (TPSA) is 60.9 Å². The number of ketones is 1. The SMILES string of the molecule is C=CCn1c(SCC(=O)c2ccc3c(c2)CCCC3)nnc1-c1ccco1. The molecule has 0 N–H and O–H groups in total. The summed E-state index contributed by atoms with van der Waals surface area (Å²) in [6.07, 6.45) is 8.04. The van der Waals surface area contributed by atoms with Gasteiger partial charge in [0.15, 0.2) is 16.7 Å². The van der Waals surface area contributed by atoms with E-state index in [1.165, 1.54) is 35.7 Å². The van der Waals surface area contributed by atoms with Crippen LogP contribution in [0.25, 0.3) is 11.6 Å². The van der Waals surface area contributed by atoms with Gasteiger partial charge in [-0.25, -0.2) is 0 Å². The first-order valence-corrected chi connectivity index (χ1v) is 10.1. The lowest BCUT2D eigenvalue weighted by atomic mass is 9.90. The van der Waals surface area contributed by atoms with Crippen molar-refractivity contribution in [2.75, 3.05) is 5.75 Å². The van der Waals surface area contributed by atoms with Crippen molar-refractivity contribution >= 4 is 17.5 Å². The lowest BCUT2D eigenvalue weighted by Gasteiger charge is -2.16. The molecule has 0 bridgehead atoms. The van der Waals surface area contributed by atoms with Crippen LogP contribution in [-0.4, -0.2) is 26.3 Å². The van der Waals surface area contributed by atoms with Gasteiger partial charge in [-0.1, -0.05) is 30.0 Å². The van der Waals surface area contributed by atoms with Crippen LogP contribution < -0.4 is 0 Å². The lowest BCUT2D eigenvalue weighted by Crippen LogP contribution is -2.08. The molecule has 0 radical (unpaired) electrons. The van der Waals surface area contributed by atoms with Crippen LogP contribution >= 0.6 is 11.8 Å². The second-order valence-corrected chi connectivity index (χ2v) is 7.53. The highest BCUT2D eigenvalue weighted by Gasteiger charge is 2.18. The Bertz CT molecular complexity index is 960. The van der Waals surface area contributed by atoms with E-state index in [4.69, 9.17) is 4.42 Å². The number of carbonyl (C=O) groups is 1. The van der Waals surface area contributed by atoms with Gasteiger partial charge in [0.05, 0.1) is 12.0 Å². The quantitative estimate of drug-likeness (QED) is 0.342. The highest BCUT2D eigenvalue weighted by Crippen LogP contribution is 2.26. The van der Waals surface area contributed by atoms with Crippen molar-refractivity contribution in [1.82, 2.24) is 14.8 Å². The number of hydrogen-bond donors (Lipinski definition) is 0. The molecule has 0 saturated heterocycles. The second kappa shape index (κ2) is 7.96. The molecular formula is C21H21N3O2S. The molecule has 1 aliphatic carbocycles. The number of aryl methyl sites for hydroxylation is 2. The minimum atomic E-state index is 0.112. The molecule has 2 heterocycles. The number of nitrogens with zero attached hydrogens (tertiary/aromatic N) is 3.